The third-order valence-electron chi connectivity index (χ3n) is 5.48. The van der Waals surface area contributed by atoms with Crippen LogP contribution in [0.25, 0.3) is 0 Å². The van der Waals surface area contributed by atoms with Crippen LogP contribution in [-0.4, -0.2) is 11.6 Å². The van der Waals surface area contributed by atoms with Crippen LogP contribution in [0.4, 0.5) is 0 Å². The summed E-state index contributed by atoms with van der Waals surface area (Å²) in [6, 6.07) is 0. The molecule has 0 radical (unpaired) electrons. The van der Waals surface area contributed by atoms with E-state index in [9.17, 15) is 9.59 Å². The second-order valence-corrected chi connectivity index (χ2v) is 11.9. The Morgan fingerprint density at radius 3 is 1.08 bits per heavy atom. The van der Waals surface area contributed by atoms with Crippen LogP contribution >= 0.6 is 0 Å². The number of hydrogen-bond acceptors (Lipinski definition) is 2. The monoisotopic (exact) mass is 336 g/mol. The van der Waals surface area contributed by atoms with E-state index < -0.39 is 0 Å². The van der Waals surface area contributed by atoms with E-state index in [1.165, 1.54) is 0 Å². The van der Waals surface area contributed by atoms with Gasteiger partial charge in [-0.1, -0.05) is 69.2 Å². The van der Waals surface area contributed by atoms with Gasteiger partial charge in [0.2, 0.25) is 11.6 Å². The average molecular weight is 337 g/mol. The maximum Gasteiger partial charge on any atom is 0.202 e. The van der Waals surface area contributed by atoms with Crippen LogP contribution in [0.3, 0.4) is 0 Å². The fraction of sp³-hybridized carbons (Fsp3) is 0.909. The van der Waals surface area contributed by atoms with Crippen LogP contribution in [0.1, 0.15) is 94.9 Å². The highest BCUT2D eigenvalue weighted by Crippen LogP contribution is 2.49. The predicted octanol–water partition coefficient (Wildman–Crippen LogP) is 6.08. The highest BCUT2D eigenvalue weighted by molar-refractivity contribution is 6.39. The molecule has 0 heterocycles. The molecule has 0 spiro atoms. The number of carbonyl (C=O) groups is 2. The Hall–Kier alpha value is -0.660. The summed E-state index contributed by atoms with van der Waals surface area (Å²) >= 11 is 0. The second kappa shape index (κ2) is 6.57. The van der Waals surface area contributed by atoms with Crippen LogP contribution in [0.5, 0.6) is 0 Å². The topological polar surface area (TPSA) is 34.1 Å². The van der Waals surface area contributed by atoms with Crippen molar-refractivity contribution in [2.45, 2.75) is 94.9 Å². The molecule has 2 heteroatoms. The van der Waals surface area contributed by atoms with Gasteiger partial charge in [0.1, 0.15) is 0 Å². The van der Waals surface area contributed by atoms with Gasteiger partial charge in [0.25, 0.3) is 0 Å². The normalized spacial score (nSPS) is 24.4. The van der Waals surface area contributed by atoms with Gasteiger partial charge >= 0.3 is 0 Å². The van der Waals surface area contributed by atoms with Gasteiger partial charge in [0, 0.05) is 11.8 Å². The quantitative estimate of drug-likeness (QED) is 0.583. The molecular weight excluding hydrogens is 296 g/mol. The molecule has 0 aromatic rings. The van der Waals surface area contributed by atoms with Crippen molar-refractivity contribution in [2.75, 3.05) is 0 Å². The summed E-state index contributed by atoms with van der Waals surface area (Å²) < 4.78 is 0. The minimum Gasteiger partial charge on any atom is -0.291 e. The molecule has 0 saturated heterocycles. The van der Waals surface area contributed by atoms with Crippen molar-refractivity contribution in [1.82, 2.24) is 0 Å². The molecule has 1 saturated carbocycles. The second-order valence-electron chi connectivity index (χ2n) is 11.9. The fourth-order valence-corrected chi connectivity index (χ4v) is 5.41. The highest BCUT2D eigenvalue weighted by atomic mass is 16.2. The van der Waals surface area contributed by atoms with Gasteiger partial charge in [0.15, 0.2) is 0 Å². The molecule has 0 amide bonds. The average Bonchev–Trinajstić information content (AvgIpc) is 2.25. The van der Waals surface area contributed by atoms with Gasteiger partial charge in [-0.05, 0) is 47.3 Å². The number of carbonyl (C=O) groups excluding carboxylic acids is 2. The maximum absolute atomic E-state index is 12.9. The third kappa shape index (κ3) is 5.43. The summed E-state index contributed by atoms with van der Waals surface area (Å²) in [5.41, 5.74) is 0.0820. The molecule has 1 aliphatic rings. The van der Waals surface area contributed by atoms with Crippen molar-refractivity contribution in [3.8, 4) is 0 Å². The smallest absolute Gasteiger partial charge is 0.202 e. The molecule has 2 unspecified atom stereocenters. The molecule has 1 rings (SSSR count). The first-order valence-electron chi connectivity index (χ1n) is 9.54. The van der Waals surface area contributed by atoms with E-state index >= 15 is 0 Å². The molecule has 0 aliphatic heterocycles. The third-order valence-corrected chi connectivity index (χ3v) is 5.48. The molecule has 2 atom stereocenters. The Kier molecular flexibility index (Phi) is 5.86. The zero-order valence-electron chi connectivity index (χ0n) is 17.8. The summed E-state index contributed by atoms with van der Waals surface area (Å²) in [6.45, 7) is 21.9. The lowest BCUT2D eigenvalue weighted by atomic mass is 9.58. The minimum atomic E-state index is -0.121. The van der Waals surface area contributed by atoms with E-state index in [2.05, 4.69) is 69.2 Å². The molecule has 24 heavy (non-hydrogen) atoms. The highest BCUT2D eigenvalue weighted by Gasteiger charge is 2.49. The van der Waals surface area contributed by atoms with Gasteiger partial charge in [-0.25, -0.2) is 0 Å². The fourth-order valence-electron chi connectivity index (χ4n) is 5.41. The van der Waals surface area contributed by atoms with E-state index in [0.29, 0.717) is 0 Å². The van der Waals surface area contributed by atoms with Crippen LogP contribution in [-0.2, 0) is 9.59 Å². The first-order chi connectivity index (χ1) is 10.5. The molecule has 1 aliphatic carbocycles. The number of rotatable bonds is 4. The molecule has 140 valence electrons. The minimum absolute atomic E-state index is 0.109. The van der Waals surface area contributed by atoms with Gasteiger partial charge in [-0.3, -0.25) is 9.59 Å². The largest absolute Gasteiger partial charge is 0.291 e. The maximum atomic E-state index is 12.9. The molecule has 0 aromatic carbocycles. The van der Waals surface area contributed by atoms with Gasteiger partial charge in [-0.15, -0.1) is 0 Å². The summed E-state index contributed by atoms with van der Waals surface area (Å²) in [7, 11) is 0. The Bertz CT molecular complexity index is 437. The summed E-state index contributed by atoms with van der Waals surface area (Å²) in [6.07, 6.45) is 3.62. The number of ketones is 2. The molecule has 0 bridgehead atoms. The summed E-state index contributed by atoms with van der Waals surface area (Å²) in [5, 5.41) is 0. The Balaban J connectivity index is 2.96. The van der Waals surface area contributed by atoms with Crippen LogP contribution in [0, 0.1) is 33.5 Å². The molecular formula is C22H40O2. The van der Waals surface area contributed by atoms with Gasteiger partial charge in [0.05, 0.1) is 0 Å². The van der Waals surface area contributed by atoms with E-state index in [1.54, 1.807) is 0 Å². The standard InChI is InChI=1S/C22H40O2/c1-19(2,3)13-21(7,8)15-11-12-16(18(24)17(15)23)22(9,10)14-20(4,5)6/h15-16H,11-14H2,1-10H3. The lowest BCUT2D eigenvalue weighted by molar-refractivity contribution is -0.150. The first kappa shape index (κ1) is 21.4. The van der Waals surface area contributed by atoms with Crippen LogP contribution in [0.15, 0.2) is 0 Å². The van der Waals surface area contributed by atoms with Crippen molar-refractivity contribution in [1.29, 1.82) is 0 Å². The SMILES string of the molecule is CC(C)(C)CC(C)(C)C1CCC(C(C)(C)CC(C)(C)C)C(=O)C1=O. The van der Waals surface area contributed by atoms with Crippen LogP contribution < -0.4 is 0 Å². The first-order valence-corrected chi connectivity index (χ1v) is 9.54. The lowest BCUT2D eigenvalue weighted by Crippen LogP contribution is -2.48. The van der Waals surface area contributed by atoms with Crippen molar-refractivity contribution >= 4 is 11.6 Å². The van der Waals surface area contributed by atoms with Crippen LogP contribution in [0.2, 0.25) is 0 Å². The van der Waals surface area contributed by atoms with Gasteiger partial charge in [-0.2, -0.15) is 0 Å². The number of Topliss-reactive ketones (excluding diaryl/α,β-unsaturated/α-hetero) is 2. The van der Waals surface area contributed by atoms with E-state index in [0.717, 1.165) is 25.7 Å². The van der Waals surface area contributed by atoms with Crippen molar-refractivity contribution in [2.24, 2.45) is 33.5 Å². The van der Waals surface area contributed by atoms with E-state index in [4.69, 9.17) is 0 Å². The number of hydrogen-bond donors (Lipinski definition) is 0. The van der Waals surface area contributed by atoms with E-state index in [1.807, 2.05) is 0 Å². The van der Waals surface area contributed by atoms with Crippen molar-refractivity contribution in [3.63, 3.8) is 0 Å². The zero-order valence-corrected chi connectivity index (χ0v) is 17.8. The van der Waals surface area contributed by atoms with Gasteiger partial charge < -0.3 is 0 Å². The molecule has 0 aromatic heterocycles. The molecule has 2 nitrogen and oxygen atoms in total. The molecule has 0 N–H and O–H groups in total. The van der Waals surface area contributed by atoms with Crippen molar-refractivity contribution in [3.05, 3.63) is 0 Å². The summed E-state index contributed by atoms with van der Waals surface area (Å²) in [5.74, 6) is -0.457. The van der Waals surface area contributed by atoms with Crippen molar-refractivity contribution < 1.29 is 9.59 Å². The Morgan fingerprint density at radius 1 is 0.625 bits per heavy atom. The Labute approximate surface area is 150 Å². The Morgan fingerprint density at radius 2 is 0.875 bits per heavy atom. The summed E-state index contributed by atoms with van der Waals surface area (Å²) in [4.78, 5) is 25.9. The zero-order chi connectivity index (χ0) is 19.1. The predicted molar refractivity (Wildman–Crippen MR) is 102 cm³/mol. The molecule has 1 fully saturated rings. The van der Waals surface area contributed by atoms with E-state index in [-0.39, 0.29) is 45.1 Å². The lowest BCUT2D eigenvalue weighted by Gasteiger charge is -2.45.